The first kappa shape index (κ1) is 24.3. The van der Waals surface area contributed by atoms with Crippen molar-refractivity contribution < 1.29 is 8.42 Å². The van der Waals surface area contributed by atoms with Gasteiger partial charge >= 0.3 is 0 Å². The summed E-state index contributed by atoms with van der Waals surface area (Å²) < 4.78 is 25.5. The number of sulfone groups is 1. The summed E-state index contributed by atoms with van der Waals surface area (Å²) >= 11 is 6.32. The van der Waals surface area contributed by atoms with E-state index in [4.69, 9.17) is 11.6 Å². The molecule has 0 unspecified atom stereocenters. The minimum atomic E-state index is -3.49. The van der Waals surface area contributed by atoms with Crippen molar-refractivity contribution in [2.75, 3.05) is 48.8 Å². The van der Waals surface area contributed by atoms with Crippen LogP contribution >= 0.6 is 11.6 Å². The number of piperazine rings is 1. The Kier molecular flexibility index (Phi) is 7.25. The molecular weight excluding hydrogens is 472 g/mol. The molecule has 34 heavy (non-hydrogen) atoms. The Hall–Kier alpha value is -2.88. The Morgan fingerprint density at radius 1 is 0.971 bits per heavy atom. The maximum atomic E-state index is 12.8. The molecule has 0 atom stereocenters. The summed E-state index contributed by atoms with van der Waals surface area (Å²) in [5.74, 6) is 0.670. The number of nitrogens with zero attached hydrogens (tertiary/aromatic N) is 4. The smallest absolute Gasteiger partial charge is 0.229 e. The maximum Gasteiger partial charge on any atom is 0.229 e. The van der Waals surface area contributed by atoms with E-state index in [1.165, 1.54) is 11.9 Å². The third-order valence-electron chi connectivity index (χ3n) is 5.80. The third-order valence-corrected chi connectivity index (χ3v) is 8.29. The van der Waals surface area contributed by atoms with Gasteiger partial charge in [-0.2, -0.15) is 4.98 Å². The van der Waals surface area contributed by atoms with Gasteiger partial charge in [0.25, 0.3) is 0 Å². The zero-order chi connectivity index (χ0) is 24.3. The molecule has 1 saturated heterocycles. The fourth-order valence-electron chi connectivity index (χ4n) is 3.66. The number of para-hydroxylation sites is 1. The van der Waals surface area contributed by atoms with E-state index in [-0.39, 0.29) is 9.92 Å². The number of hydrogen-bond donors (Lipinski definition) is 2. The highest BCUT2D eigenvalue weighted by Crippen LogP contribution is 2.30. The molecule has 2 heterocycles. The molecule has 0 aliphatic carbocycles. The molecule has 0 amide bonds. The second kappa shape index (κ2) is 10.2. The van der Waals surface area contributed by atoms with Crippen LogP contribution in [0.2, 0.25) is 5.02 Å². The fourth-order valence-corrected chi connectivity index (χ4v) is 5.00. The summed E-state index contributed by atoms with van der Waals surface area (Å²) in [6, 6.07) is 14.9. The topological polar surface area (TPSA) is 90.5 Å². The first-order valence-corrected chi connectivity index (χ1v) is 13.1. The summed E-state index contributed by atoms with van der Waals surface area (Å²) in [6.07, 6.45) is 1.48. The number of benzene rings is 2. The van der Waals surface area contributed by atoms with Crippen molar-refractivity contribution in [3.05, 3.63) is 59.8 Å². The summed E-state index contributed by atoms with van der Waals surface area (Å²) in [5.41, 5.74) is 2.44. The van der Waals surface area contributed by atoms with Gasteiger partial charge < -0.3 is 20.4 Å². The van der Waals surface area contributed by atoms with Gasteiger partial charge in [-0.25, -0.2) is 13.4 Å². The van der Waals surface area contributed by atoms with Gasteiger partial charge in [-0.3, -0.25) is 0 Å². The van der Waals surface area contributed by atoms with Crippen molar-refractivity contribution in [2.24, 2.45) is 0 Å². The highest BCUT2D eigenvalue weighted by Gasteiger charge is 2.23. The molecule has 1 aromatic heterocycles. The highest BCUT2D eigenvalue weighted by atomic mass is 35.5. The largest absolute Gasteiger partial charge is 0.369 e. The Morgan fingerprint density at radius 3 is 2.32 bits per heavy atom. The van der Waals surface area contributed by atoms with Crippen LogP contribution in [0.15, 0.2) is 59.6 Å². The van der Waals surface area contributed by atoms with E-state index in [1.54, 1.807) is 38.1 Å². The van der Waals surface area contributed by atoms with Gasteiger partial charge in [-0.1, -0.05) is 23.7 Å². The average Bonchev–Trinajstić information content (AvgIpc) is 2.82. The molecule has 2 N–H and O–H groups in total. The lowest BCUT2D eigenvalue weighted by molar-refractivity contribution is 0.313. The van der Waals surface area contributed by atoms with Crippen LogP contribution in [-0.4, -0.2) is 61.8 Å². The van der Waals surface area contributed by atoms with E-state index in [1.807, 2.05) is 12.1 Å². The zero-order valence-corrected chi connectivity index (χ0v) is 21.1. The molecule has 1 aliphatic rings. The van der Waals surface area contributed by atoms with Gasteiger partial charge in [0.2, 0.25) is 5.95 Å². The molecule has 1 fully saturated rings. The Bertz CT molecular complexity index is 1240. The number of likely N-dealkylation sites (N-methyl/N-ethyl adjacent to an activating group) is 1. The van der Waals surface area contributed by atoms with Gasteiger partial charge in [0.05, 0.1) is 22.0 Å². The lowest BCUT2D eigenvalue weighted by atomic mass is 10.2. The molecule has 10 heteroatoms. The van der Waals surface area contributed by atoms with Crippen LogP contribution in [-0.2, 0) is 9.84 Å². The van der Waals surface area contributed by atoms with Crippen LogP contribution in [0.5, 0.6) is 0 Å². The minimum absolute atomic E-state index is 0.202. The van der Waals surface area contributed by atoms with Crippen molar-refractivity contribution in [2.45, 2.75) is 24.0 Å². The van der Waals surface area contributed by atoms with E-state index in [9.17, 15) is 8.42 Å². The van der Waals surface area contributed by atoms with Gasteiger partial charge in [0.1, 0.15) is 5.02 Å². The average molecular weight is 501 g/mol. The first-order valence-electron chi connectivity index (χ1n) is 11.2. The van der Waals surface area contributed by atoms with E-state index < -0.39 is 15.1 Å². The minimum Gasteiger partial charge on any atom is -0.369 e. The number of aromatic nitrogens is 2. The normalized spacial score (nSPS) is 14.9. The Morgan fingerprint density at radius 2 is 1.65 bits per heavy atom. The molecule has 1 aliphatic heterocycles. The summed E-state index contributed by atoms with van der Waals surface area (Å²) in [5, 5.41) is 5.99. The molecule has 0 bridgehead atoms. The Balaban J connectivity index is 1.52. The number of rotatable bonds is 7. The van der Waals surface area contributed by atoms with E-state index in [0.717, 1.165) is 31.9 Å². The maximum absolute atomic E-state index is 12.8. The van der Waals surface area contributed by atoms with Crippen LogP contribution in [0, 0.1) is 0 Å². The van der Waals surface area contributed by atoms with Crippen LogP contribution in [0.1, 0.15) is 13.8 Å². The number of halogens is 1. The van der Waals surface area contributed by atoms with Crippen molar-refractivity contribution >= 4 is 50.3 Å². The predicted octanol–water partition coefficient (Wildman–Crippen LogP) is 4.55. The number of nitrogens with one attached hydrogen (secondary N) is 2. The van der Waals surface area contributed by atoms with E-state index in [0.29, 0.717) is 17.5 Å². The summed E-state index contributed by atoms with van der Waals surface area (Å²) in [7, 11) is -1.35. The zero-order valence-electron chi connectivity index (χ0n) is 19.5. The van der Waals surface area contributed by atoms with Crippen molar-refractivity contribution in [1.29, 1.82) is 0 Å². The highest BCUT2D eigenvalue weighted by molar-refractivity contribution is 7.92. The molecule has 3 aromatic rings. The van der Waals surface area contributed by atoms with Gasteiger partial charge in [0.15, 0.2) is 15.7 Å². The molecule has 2 aromatic carbocycles. The molecule has 8 nitrogen and oxygen atoms in total. The van der Waals surface area contributed by atoms with Crippen molar-refractivity contribution in [3.8, 4) is 0 Å². The summed E-state index contributed by atoms with van der Waals surface area (Å²) in [6.45, 7) is 7.42. The monoisotopic (exact) mass is 500 g/mol. The predicted molar refractivity (Wildman–Crippen MR) is 139 cm³/mol. The molecule has 0 radical (unpaired) electrons. The standard InChI is InChI=1S/C24H29ClN6O2S/c1-17(2)34(32,33)22-7-5-4-6-21(22)28-23-20(25)16-26-24(29-23)27-18-8-10-19(11-9-18)31-14-12-30(3)13-15-31/h4-11,16-17H,12-15H2,1-3H3,(H2,26,27,28,29). The number of anilines is 5. The van der Waals surface area contributed by atoms with Crippen LogP contribution in [0.3, 0.4) is 0 Å². The number of hydrogen-bond acceptors (Lipinski definition) is 8. The van der Waals surface area contributed by atoms with Crippen LogP contribution < -0.4 is 15.5 Å². The molecule has 0 saturated carbocycles. The lowest BCUT2D eigenvalue weighted by Gasteiger charge is -2.34. The SMILES string of the molecule is CC(C)S(=O)(=O)c1ccccc1Nc1nc(Nc2ccc(N3CCN(C)CC3)cc2)ncc1Cl. The van der Waals surface area contributed by atoms with E-state index in [2.05, 4.69) is 49.6 Å². The van der Waals surface area contributed by atoms with Crippen LogP contribution in [0.4, 0.5) is 28.8 Å². The van der Waals surface area contributed by atoms with Crippen LogP contribution in [0.25, 0.3) is 0 Å². The van der Waals surface area contributed by atoms with Gasteiger partial charge in [0, 0.05) is 37.6 Å². The van der Waals surface area contributed by atoms with Gasteiger partial charge in [-0.15, -0.1) is 0 Å². The van der Waals surface area contributed by atoms with E-state index >= 15 is 0 Å². The molecule has 0 spiro atoms. The molecule has 180 valence electrons. The van der Waals surface area contributed by atoms with Crippen molar-refractivity contribution in [1.82, 2.24) is 14.9 Å². The van der Waals surface area contributed by atoms with Crippen molar-refractivity contribution in [3.63, 3.8) is 0 Å². The lowest BCUT2D eigenvalue weighted by Crippen LogP contribution is -2.44. The molecular formula is C24H29ClN6O2S. The Labute approximate surface area is 205 Å². The second-order valence-electron chi connectivity index (χ2n) is 8.57. The first-order chi connectivity index (χ1) is 16.2. The second-order valence-corrected chi connectivity index (χ2v) is 11.4. The summed E-state index contributed by atoms with van der Waals surface area (Å²) in [4.78, 5) is 13.6. The fraction of sp³-hybridized carbons (Fsp3) is 0.333. The molecule has 4 rings (SSSR count). The third kappa shape index (κ3) is 5.43. The quantitative estimate of drug-likeness (QED) is 0.488. The van der Waals surface area contributed by atoms with Gasteiger partial charge in [-0.05, 0) is 57.3 Å².